The summed E-state index contributed by atoms with van der Waals surface area (Å²) < 4.78 is 5.29. The Balaban J connectivity index is 2.07. The number of nitrogens with zero attached hydrogens (tertiary/aromatic N) is 1. The summed E-state index contributed by atoms with van der Waals surface area (Å²) in [7, 11) is 1.88. The number of carbonyl (C=O) groups is 1. The van der Waals surface area contributed by atoms with Gasteiger partial charge in [0.1, 0.15) is 5.76 Å². The third-order valence-corrected chi connectivity index (χ3v) is 4.05. The summed E-state index contributed by atoms with van der Waals surface area (Å²) in [5, 5.41) is 3.43. The summed E-state index contributed by atoms with van der Waals surface area (Å²) in [5.74, 6) is 1.11. The molecular weight excluding hydrogens is 240 g/mol. The van der Waals surface area contributed by atoms with Crippen LogP contribution in [0.15, 0.2) is 16.7 Å². The molecule has 1 unspecified atom stereocenters. The van der Waals surface area contributed by atoms with E-state index in [0.29, 0.717) is 6.54 Å². The zero-order valence-corrected chi connectivity index (χ0v) is 12.2. The van der Waals surface area contributed by atoms with Crippen LogP contribution in [0.5, 0.6) is 0 Å². The lowest BCUT2D eigenvalue weighted by Crippen LogP contribution is -2.53. The average molecular weight is 264 g/mol. The summed E-state index contributed by atoms with van der Waals surface area (Å²) in [6, 6.07) is 1.94. The molecule has 1 saturated heterocycles. The van der Waals surface area contributed by atoms with Gasteiger partial charge in [0.25, 0.3) is 0 Å². The zero-order valence-electron chi connectivity index (χ0n) is 12.2. The van der Waals surface area contributed by atoms with Gasteiger partial charge in [-0.1, -0.05) is 13.3 Å². The Morgan fingerprint density at radius 2 is 2.37 bits per heavy atom. The second-order valence-electron chi connectivity index (χ2n) is 5.53. The molecule has 0 aromatic carbocycles. The molecule has 0 saturated carbocycles. The van der Waals surface area contributed by atoms with Gasteiger partial charge in [0.15, 0.2) is 0 Å². The highest BCUT2D eigenvalue weighted by Gasteiger charge is 2.41. The molecule has 0 bridgehead atoms. The molecule has 4 heteroatoms. The van der Waals surface area contributed by atoms with E-state index in [0.717, 1.165) is 43.6 Å². The van der Waals surface area contributed by atoms with E-state index in [1.807, 2.05) is 24.9 Å². The number of likely N-dealkylation sites (N-methyl/N-ethyl adjacent to an activating group) is 1. The van der Waals surface area contributed by atoms with Crippen LogP contribution in [0.3, 0.4) is 0 Å². The number of rotatable bonds is 5. The van der Waals surface area contributed by atoms with Gasteiger partial charge in [0.2, 0.25) is 5.91 Å². The molecule has 1 aromatic rings. The lowest BCUT2D eigenvalue weighted by molar-refractivity contribution is -0.137. The molecule has 4 nitrogen and oxygen atoms in total. The Bertz CT molecular complexity index is 433. The first-order valence-corrected chi connectivity index (χ1v) is 7.12. The van der Waals surface area contributed by atoms with E-state index in [4.69, 9.17) is 4.42 Å². The fourth-order valence-electron chi connectivity index (χ4n) is 3.00. The van der Waals surface area contributed by atoms with Gasteiger partial charge in [0.05, 0.1) is 11.8 Å². The van der Waals surface area contributed by atoms with Crippen molar-refractivity contribution in [1.29, 1.82) is 0 Å². The molecule has 0 aliphatic carbocycles. The van der Waals surface area contributed by atoms with Gasteiger partial charge in [-0.15, -0.1) is 0 Å². The van der Waals surface area contributed by atoms with Crippen LogP contribution < -0.4 is 5.32 Å². The summed E-state index contributed by atoms with van der Waals surface area (Å²) in [6.07, 6.45) is 5.66. The number of nitrogens with one attached hydrogen (secondary N) is 1. The molecule has 2 heterocycles. The first kappa shape index (κ1) is 14.1. The van der Waals surface area contributed by atoms with E-state index in [2.05, 4.69) is 12.2 Å². The summed E-state index contributed by atoms with van der Waals surface area (Å²) in [4.78, 5) is 14.6. The fraction of sp³-hybridized carbons (Fsp3) is 0.667. The predicted molar refractivity (Wildman–Crippen MR) is 74.8 cm³/mol. The van der Waals surface area contributed by atoms with Crippen LogP contribution in [0, 0.1) is 6.92 Å². The summed E-state index contributed by atoms with van der Waals surface area (Å²) >= 11 is 0. The van der Waals surface area contributed by atoms with E-state index in [-0.39, 0.29) is 11.4 Å². The molecule has 1 fully saturated rings. The van der Waals surface area contributed by atoms with Gasteiger partial charge in [-0.2, -0.15) is 0 Å². The third-order valence-electron chi connectivity index (χ3n) is 4.05. The van der Waals surface area contributed by atoms with Crippen molar-refractivity contribution in [3.63, 3.8) is 0 Å². The Labute approximate surface area is 115 Å². The normalized spacial score (nSPS) is 22.7. The Morgan fingerprint density at radius 3 is 2.89 bits per heavy atom. The Hall–Kier alpha value is -1.29. The second kappa shape index (κ2) is 5.78. The minimum absolute atomic E-state index is 0.215. The fourth-order valence-corrected chi connectivity index (χ4v) is 3.00. The van der Waals surface area contributed by atoms with Crippen molar-refractivity contribution < 1.29 is 9.21 Å². The molecule has 19 heavy (non-hydrogen) atoms. The van der Waals surface area contributed by atoms with Crippen molar-refractivity contribution in [3.8, 4) is 0 Å². The van der Waals surface area contributed by atoms with Gasteiger partial charge in [-0.05, 0) is 38.8 Å². The number of furan rings is 1. The van der Waals surface area contributed by atoms with Crippen LogP contribution in [-0.4, -0.2) is 29.9 Å². The van der Waals surface area contributed by atoms with Gasteiger partial charge in [-0.3, -0.25) is 4.79 Å². The minimum atomic E-state index is -0.332. The molecular formula is C15H24N2O2. The van der Waals surface area contributed by atoms with Crippen molar-refractivity contribution in [1.82, 2.24) is 10.2 Å². The van der Waals surface area contributed by atoms with Crippen molar-refractivity contribution >= 4 is 5.91 Å². The van der Waals surface area contributed by atoms with Crippen molar-refractivity contribution in [2.75, 3.05) is 13.6 Å². The van der Waals surface area contributed by atoms with Crippen LogP contribution in [0.1, 0.15) is 43.9 Å². The van der Waals surface area contributed by atoms with E-state index in [9.17, 15) is 4.79 Å². The van der Waals surface area contributed by atoms with E-state index in [1.54, 1.807) is 6.26 Å². The second-order valence-corrected chi connectivity index (χ2v) is 5.53. The number of aryl methyl sites for hydroxylation is 1. The van der Waals surface area contributed by atoms with Crippen LogP contribution in [0.4, 0.5) is 0 Å². The number of carbonyl (C=O) groups excluding carboxylic acids is 1. The molecule has 1 aliphatic heterocycles. The van der Waals surface area contributed by atoms with Crippen molar-refractivity contribution in [3.05, 3.63) is 23.7 Å². The first-order chi connectivity index (χ1) is 9.09. The standard InChI is InChI=1S/C15H24N2O2/c1-4-7-15(8-5-9-16-15)14(18)17(3)11-13-6-10-19-12(13)2/h6,10,16H,4-5,7-9,11H2,1-3H3. The molecule has 2 rings (SSSR count). The third kappa shape index (κ3) is 2.84. The SMILES string of the molecule is CCCC1(C(=O)N(C)Cc2ccoc2C)CCCN1. The zero-order chi connectivity index (χ0) is 13.9. The molecule has 1 aromatic heterocycles. The molecule has 0 radical (unpaired) electrons. The highest BCUT2D eigenvalue weighted by Crippen LogP contribution is 2.27. The number of hydrogen-bond donors (Lipinski definition) is 1. The number of hydrogen-bond acceptors (Lipinski definition) is 3. The van der Waals surface area contributed by atoms with Gasteiger partial charge >= 0.3 is 0 Å². The van der Waals surface area contributed by atoms with Crippen LogP contribution in [0.25, 0.3) is 0 Å². The molecule has 1 aliphatic rings. The summed E-state index contributed by atoms with van der Waals surface area (Å²) in [6.45, 7) is 5.64. The minimum Gasteiger partial charge on any atom is -0.469 e. The van der Waals surface area contributed by atoms with Crippen LogP contribution >= 0.6 is 0 Å². The van der Waals surface area contributed by atoms with Crippen molar-refractivity contribution in [2.24, 2.45) is 0 Å². The number of amides is 1. The first-order valence-electron chi connectivity index (χ1n) is 7.12. The van der Waals surface area contributed by atoms with E-state index < -0.39 is 0 Å². The molecule has 1 atom stereocenters. The largest absolute Gasteiger partial charge is 0.469 e. The molecule has 106 valence electrons. The quantitative estimate of drug-likeness (QED) is 0.888. The van der Waals surface area contributed by atoms with Gasteiger partial charge in [-0.25, -0.2) is 0 Å². The highest BCUT2D eigenvalue weighted by atomic mass is 16.3. The Kier molecular flexibility index (Phi) is 4.30. The average Bonchev–Trinajstić information content (AvgIpc) is 3.00. The predicted octanol–water partition coefficient (Wildman–Crippen LogP) is 2.47. The van der Waals surface area contributed by atoms with Crippen LogP contribution in [-0.2, 0) is 11.3 Å². The lowest BCUT2D eigenvalue weighted by atomic mass is 9.90. The van der Waals surface area contributed by atoms with E-state index >= 15 is 0 Å². The maximum Gasteiger partial charge on any atom is 0.242 e. The smallest absolute Gasteiger partial charge is 0.242 e. The monoisotopic (exact) mass is 264 g/mol. The molecule has 1 amide bonds. The maximum atomic E-state index is 12.7. The Morgan fingerprint density at radius 1 is 1.58 bits per heavy atom. The van der Waals surface area contributed by atoms with E-state index in [1.165, 1.54) is 0 Å². The topological polar surface area (TPSA) is 45.5 Å². The molecule has 0 spiro atoms. The highest BCUT2D eigenvalue weighted by molar-refractivity contribution is 5.86. The molecule has 1 N–H and O–H groups in total. The summed E-state index contributed by atoms with van der Waals surface area (Å²) in [5.41, 5.74) is 0.752. The van der Waals surface area contributed by atoms with Gasteiger partial charge < -0.3 is 14.6 Å². The maximum absolute atomic E-state index is 12.7. The van der Waals surface area contributed by atoms with Crippen LogP contribution in [0.2, 0.25) is 0 Å². The van der Waals surface area contributed by atoms with Crippen molar-refractivity contribution in [2.45, 2.75) is 51.6 Å². The lowest BCUT2D eigenvalue weighted by Gasteiger charge is -2.32. The van der Waals surface area contributed by atoms with Gasteiger partial charge in [0, 0.05) is 19.2 Å².